The Morgan fingerprint density at radius 3 is 1.89 bits per heavy atom. The fourth-order valence-electron chi connectivity index (χ4n) is 2.95. The van der Waals surface area contributed by atoms with Crippen molar-refractivity contribution < 1.29 is 30.7 Å². The topological polar surface area (TPSA) is 150 Å². The first-order valence-corrected chi connectivity index (χ1v) is 12.6. The van der Waals surface area contributed by atoms with Gasteiger partial charge in [0.15, 0.2) is 0 Å². The molecule has 0 fully saturated rings. The number of rotatable bonds is 7. The number of hydrogen-bond donors (Lipinski definition) is 3. The summed E-state index contributed by atoms with van der Waals surface area (Å²) in [5.41, 5.74) is 0.617. The van der Waals surface area contributed by atoms with E-state index in [9.17, 15) is 30.7 Å². The van der Waals surface area contributed by atoms with Gasteiger partial charge in [0, 0.05) is 11.3 Å². The van der Waals surface area contributed by atoms with E-state index in [1.165, 1.54) is 36.4 Å². The van der Waals surface area contributed by atoms with Crippen molar-refractivity contribution >= 4 is 126 Å². The Bertz CT molecular complexity index is 1550. The van der Waals surface area contributed by atoms with Crippen LogP contribution in [0.4, 0.5) is 11.4 Å². The van der Waals surface area contributed by atoms with E-state index in [1.54, 1.807) is 30.3 Å². The van der Waals surface area contributed by atoms with Gasteiger partial charge in [0.1, 0.15) is 9.79 Å². The van der Waals surface area contributed by atoms with Crippen LogP contribution < -0.4 is 5.32 Å². The first-order valence-electron chi connectivity index (χ1n) is 9.34. The average molecular weight is 565 g/mol. The zero-order chi connectivity index (χ0) is 24.9. The van der Waals surface area contributed by atoms with Crippen LogP contribution in [0.2, 0.25) is 0 Å². The number of nitrogens with one attached hydrogen (secondary N) is 1. The van der Waals surface area contributed by atoms with Gasteiger partial charge in [0.25, 0.3) is 26.1 Å². The van der Waals surface area contributed by atoms with Crippen LogP contribution in [0.1, 0.15) is 21.5 Å². The second kappa shape index (κ2) is 13.9. The summed E-state index contributed by atoms with van der Waals surface area (Å²) >= 11 is 4.48. The third-order valence-corrected chi connectivity index (χ3v) is 6.39. The standard InChI is InChI=1S/C22H16N2O7S3.2Na.2H/c25-22(17-4-2-1-3-5-17)24-19-11-9-16(21(13-19)34(29,30)31)7-6-15-8-10-18(23-14-32)12-20(15)33(26,27)28;;;;/h1-13H,(H,24,25)(H,26,27,28)(H,29,30,31);;;;/b7-6+;;;;. The van der Waals surface area contributed by atoms with Gasteiger partial charge in [-0.3, -0.25) is 13.9 Å². The van der Waals surface area contributed by atoms with Gasteiger partial charge in [-0.2, -0.15) is 21.8 Å². The Hall–Kier alpha value is -1.51. The molecule has 0 atom stereocenters. The van der Waals surface area contributed by atoms with Gasteiger partial charge in [0.2, 0.25) is 0 Å². The van der Waals surface area contributed by atoms with Gasteiger partial charge in [-0.25, -0.2) is 0 Å². The van der Waals surface area contributed by atoms with Gasteiger partial charge in [-0.1, -0.05) is 42.5 Å². The first-order chi connectivity index (χ1) is 16.0. The maximum absolute atomic E-state index is 12.3. The zero-order valence-electron chi connectivity index (χ0n) is 17.1. The zero-order valence-corrected chi connectivity index (χ0v) is 19.6. The third kappa shape index (κ3) is 8.80. The number of hydrogen-bond acceptors (Lipinski definition) is 7. The molecule has 0 aliphatic rings. The van der Waals surface area contributed by atoms with Gasteiger partial charge in [0.05, 0.1) is 10.8 Å². The fourth-order valence-corrected chi connectivity index (χ4v) is 4.47. The van der Waals surface area contributed by atoms with Crippen LogP contribution in [0.3, 0.4) is 0 Å². The molecule has 14 heteroatoms. The molecule has 178 valence electrons. The van der Waals surface area contributed by atoms with Crippen LogP contribution >= 0.6 is 12.2 Å². The van der Waals surface area contributed by atoms with Crippen LogP contribution in [0.25, 0.3) is 12.2 Å². The van der Waals surface area contributed by atoms with Crippen molar-refractivity contribution in [2.45, 2.75) is 9.79 Å². The van der Waals surface area contributed by atoms with Gasteiger partial charge in [-0.15, -0.1) is 0 Å². The average Bonchev–Trinajstić information content (AvgIpc) is 2.78. The van der Waals surface area contributed by atoms with Gasteiger partial charge < -0.3 is 5.32 Å². The van der Waals surface area contributed by atoms with E-state index < -0.39 is 35.9 Å². The molecule has 0 spiro atoms. The Labute approximate surface area is 257 Å². The minimum atomic E-state index is -4.72. The summed E-state index contributed by atoms with van der Waals surface area (Å²) < 4.78 is 66.7. The van der Waals surface area contributed by atoms with Crippen LogP contribution in [0.15, 0.2) is 81.5 Å². The van der Waals surface area contributed by atoms with Crippen molar-refractivity contribution in [2.75, 3.05) is 5.32 Å². The molecule has 3 N–H and O–H groups in total. The van der Waals surface area contributed by atoms with E-state index in [-0.39, 0.29) is 81.6 Å². The Balaban J connectivity index is 0.00000324. The van der Waals surface area contributed by atoms with Crippen molar-refractivity contribution in [2.24, 2.45) is 4.99 Å². The van der Waals surface area contributed by atoms with Crippen LogP contribution in [0.5, 0.6) is 0 Å². The van der Waals surface area contributed by atoms with Crippen LogP contribution in [0, 0.1) is 0 Å². The Kier molecular flexibility index (Phi) is 12.5. The SMILES string of the molecule is O=C(Nc1ccc(/C=C/c2ccc(N=C=S)cc2S(=O)(=O)O)c(S(=O)(=O)O)c1)c1ccccc1.[NaH].[NaH]. The molecule has 0 aromatic heterocycles. The van der Waals surface area contributed by atoms with E-state index in [1.807, 2.05) is 0 Å². The predicted molar refractivity (Wildman–Crippen MR) is 145 cm³/mol. The third-order valence-electron chi connectivity index (χ3n) is 4.48. The molecular formula is C22H18N2Na2O7S3. The molecule has 3 aromatic rings. The summed E-state index contributed by atoms with van der Waals surface area (Å²) in [6, 6.07) is 15.8. The van der Waals surface area contributed by atoms with Crippen molar-refractivity contribution in [3.05, 3.63) is 83.4 Å². The number of carbonyl (C=O) groups is 1. The molecule has 3 aromatic carbocycles. The molecule has 0 saturated carbocycles. The molecule has 0 radical (unpaired) electrons. The summed E-state index contributed by atoms with van der Waals surface area (Å²) in [5, 5.41) is 4.63. The van der Waals surface area contributed by atoms with E-state index >= 15 is 0 Å². The first kappa shape index (κ1) is 32.5. The number of aliphatic imine (C=N–C) groups is 1. The van der Waals surface area contributed by atoms with E-state index in [4.69, 9.17) is 0 Å². The monoisotopic (exact) mass is 564 g/mol. The molecule has 9 nitrogen and oxygen atoms in total. The molecule has 0 aliphatic heterocycles. The summed E-state index contributed by atoms with van der Waals surface area (Å²) in [4.78, 5) is 15.0. The number of amides is 1. The maximum atomic E-state index is 12.3. The summed E-state index contributed by atoms with van der Waals surface area (Å²) in [6.07, 6.45) is 2.47. The number of carbonyl (C=O) groups excluding carboxylic acids is 1. The van der Waals surface area contributed by atoms with Crippen molar-refractivity contribution in [3.63, 3.8) is 0 Å². The molecular weight excluding hydrogens is 546 g/mol. The molecule has 0 saturated heterocycles. The summed E-state index contributed by atoms with van der Waals surface area (Å²) in [7, 11) is -9.37. The van der Waals surface area contributed by atoms with Crippen molar-refractivity contribution in [1.82, 2.24) is 0 Å². The number of nitrogens with zero attached hydrogens (tertiary/aromatic N) is 1. The quantitative estimate of drug-likeness (QED) is 0.130. The van der Waals surface area contributed by atoms with E-state index in [2.05, 4.69) is 27.7 Å². The molecule has 0 unspecified atom stereocenters. The molecule has 36 heavy (non-hydrogen) atoms. The normalized spacial score (nSPS) is 11.1. The second-order valence-electron chi connectivity index (χ2n) is 6.78. The van der Waals surface area contributed by atoms with E-state index in [0.717, 1.165) is 12.1 Å². The number of benzene rings is 3. The summed E-state index contributed by atoms with van der Waals surface area (Å²) in [6.45, 7) is 0. The Morgan fingerprint density at radius 1 is 0.833 bits per heavy atom. The molecule has 0 bridgehead atoms. The molecule has 0 aliphatic carbocycles. The van der Waals surface area contributed by atoms with Gasteiger partial charge in [-0.05, 0) is 59.7 Å². The minimum absolute atomic E-state index is 0. The molecule has 0 heterocycles. The van der Waals surface area contributed by atoms with E-state index in [0.29, 0.717) is 5.56 Å². The number of thiocarbonyl (C=S) groups is 1. The number of isothiocyanates is 1. The van der Waals surface area contributed by atoms with Crippen molar-refractivity contribution in [3.8, 4) is 0 Å². The fraction of sp³-hybridized carbons (Fsp3) is 0. The number of anilines is 1. The van der Waals surface area contributed by atoms with Gasteiger partial charge >= 0.3 is 59.1 Å². The molecule has 3 rings (SSSR count). The molecule has 1 amide bonds. The summed E-state index contributed by atoms with van der Waals surface area (Å²) in [5.74, 6) is -0.484. The van der Waals surface area contributed by atoms with Crippen molar-refractivity contribution in [1.29, 1.82) is 0 Å². The van der Waals surface area contributed by atoms with Crippen LogP contribution in [-0.4, -0.2) is 96.1 Å². The predicted octanol–water partition coefficient (Wildman–Crippen LogP) is 3.04. The second-order valence-corrected chi connectivity index (χ2v) is 9.74. The van der Waals surface area contributed by atoms with Crippen LogP contribution in [-0.2, 0) is 20.2 Å². The Morgan fingerprint density at radius 2 is 1.36 bits per heavy atom.